The van der Waals surface area contributed by atoms with Crippen LogP contribution in [0.1, 0.15) is 32.6 Å². The van der Waals surface area contributed by atoms with Crippen molar-refractivity contribution in [3.63, 3.8) is 0 Å². The van der Waals surface area contributed by atoms with Crippen LogP contribution in [-0.2, 0) is 4.79 Å². The van der Waals surface area contributed by atoms with Crippen molar-refractivity contribution < 1.29 is 9.53 Å². The lowest BCUT2D eigenvalue weighted by Gasteiger charge is -2.30. The van der Waals surface area contributed by atoms with Gasteiger partial charge in [0, 0.05) is 36.2 Å². The molecular formula is C21H24ClN5O2. The van der Waals surface area contributed by atoms with Gasteiger partial charge in [-0.25, -0.2) is 9.97 Å². The summed E-state index contributed by atoms with van der Waals surface area (Å²) < 4.78 is 5.31. The molecule has 1 aliphatic rings. The first kappa shape index (κ1) is 19.5. The summed E-state index contributed by atoms with van der Waals surface area (Å²) in [5.74, 6) is 1.44. The Morgan fingerprint density at radius 1 is 1.28 bits per heavy atom. The highest BCUT2D eigenvalue weighted by Crippen LogP contribution is 2.33. The largest absolute Gasteiger partial charge is 0.495 e. The normalized spacial score (nSPS) is 19.1. The summed E-state index contributed by atoms with van der Waals surface area (Å²) in [6.45, 7) is 1.56. The van der Waals surface area contributed by atoms with Gasteiger partial charge in [-0.1, -0.05) is 11.6 Å². The van der Waals surface area contributed by atoms with Gasteiger partial charge in [-0.05, 0) is 49.4 Å². The highest BCUT2D eigenvalue weighted by molar-refractivity contribution is 6.29. The number of anilines is 1. The van der Waals surface area contributed by atoms with E-state index in [4.69, 9.17) is 16.3 Å². The van der Waals surface area contributed by atoms with E-state index in [0.717, 1.165) is 53.7 Å². The van der Waals surface area contributed by atoms with Crippen molar-refractivity contribution in [3.05, 3.63) is 35.7 Å². The Labute approximate surface area is 174 Å². The Morgan fingerprint density at radius 3 is 2.90 bits per heavy atom. The maximum Gasteiger partial charge on any atom is 0.217 e. The van der Waals surface area contributed by atoms with E-state index >= 15 is 0 Å². The molecule has 3 aromatic rings. The van der Waals surface area contributed by atoms with Gasteiger partial charge in [0.1, 0.15) is 22.4 Å². The number of carbonyl (C=O) groups excluding carboxylic acids is 1. The monoisotopic (exact) mass is 413 g/mol. The number of aromatic amines is 1. The van der Waals surface area contributed by atoms with E-state index in [1.165, 1.54) is 0 Å². The van der Waals surface area contributed by atoms with Crippen molar-refractivity contribution in [2.24, 2.45) is 0 Å². The first-order chi connectivity index (χ1) is 14.0. The smallest absolute Gasteiger partial charge is 0.217 e. The molecule has 0 aliphatic heterocycles. The molecule has 1 fully saturated rings. The highest BCUT2D eigenvalue weighted by atomic mass is 35.5. The van der Waals surface area contributed by atoms with Crippen molar-refractivity contribution in [1.29, 1.82) is 0 Å². The van der Waals surface area contributed by atoms with Crippen LogP contribution in [0.25, 0.3) is 22.2 Å². The predicted octanol–water partition coefficient (Wildman–Crippen LogP) is 4.15. The zero-order valence-corrected chi connectivity index (χ0v) is 17.2. The molecule has 29 heavy (non-hydrogen) atoms. The van der Waals surface area contributed by atoms with E-state index in [1.807, 2.05) is 24.4 Å². The minimum atomic E-state index is 0.0159. The van der Waals surface area contributed by atoms with Crippen LogP contribution in [0.3, 0.4) is 0 Å². The number of aromatic nitrogens is 3. The van der Waals surface area contributed by atoms with Gasteiger partial charge in [-0.3, -0.25) is 4.79 Å². The molecule has 1 aliphatic carbocycles. The number of nitrogens with zero attached hydrogens (tertiary/aromatic N) is 2. The van der Waals surface area contributed by atoms with Gasteiger partial charge in [0.05, 0.1) is 13.3 Å². The molecule has 3 heterocycles. The number of methoxy groups -OCH3 is 1. The Balaban J connectivity index is 1.59. The number of nitrogens with one attached hydrogen (secondary N) is 3. The third-order valence-corrected chi connectivity index (χ3v) is 5.47. The lowest BCUT2D eigenvalue weighted by molar-refractivity contribution is -0.119. The number of fused-ring (bicyclic) bond motifs is 1. The maximum absolute atomic E-state index is 11.4. The van der Waals surface area contributed by atoms with E-state index in [-0.39, 0.29) is 18.0 Å². The van der Waals surface area contributed by atoms with Gasteiger partial charge >= 0.3 is 0 Å². The number of rotatable bonds is 5. The van der Waals surface area contributed by atoms with Crippen LogP contribution in [0.4, 0.5) is 5.82 Å². The molecule has 0 aromatic carbocycles. The number of hydrogen-bond donors (Lipinski definition) is 3. The topological polar surface area (TPSA) is 91.9 Å². The van der Waals surface area contributed by atoms with Crippen LogP contribution in [0.15, 0.2) is 30.6 Å². The fourth-order valence-corrected chi connectivity index (χ4v) is 4.22. The average Bonchev–Trinajstić information content (AvgIpc) is 3.10. The molecule has 2 atom stereocenters. The minimum Gasteiger partial charge on any atom is -0.495 e. The Bertz CT molecular complexity index is 1040. The predicted molar refractivity (Wildman–Crippen MR) is 114 cm³/mol. The molecular weight excluding hydrogens is 390 g/mol. The number of amides is 1. The van der Waals surface area contributed by atoms with E-state index in [9.17, 15) is 4.79 Å². The van der Waals surface area contributed by atoms with Crippen LogP contribution >= 0.6 is 11.6 Å². The second-order valence-electron chi connectivity index (χ2n) is 7.44. The molecule has 1 saturated carbocycles. The summed E-state index contributed by atoms with van der Waals surface area (Å²) >= 11 is 6.33. The standard InChI is InChI=1S/C21H24ClN5O2/c1-12(28)25-14-4-3-5-15(8-14)26-20-7-13(6-19(22)27-20)18-11-24-21-17(18)9-16(29-2)10-23-21/h6-7,9-11,14-15H,3-5,8H2,1-2H3,(H,23,24)(H,25,28)(H,26,27). The van der Waals surface area contributed by atoms with E-state index in [2.05, 4.69) is 25.6 Å². The quantitative estimate of drug-likeness (QED) is 0.546. The molecule has 7 nitrogen and oxygen atoms in total. The van der Waals surface area contributed by atoms with Crippen molar-refractivity contribution in [3.8, 4) is 16.9 Å². The van der Waals surface area contributed by atoms with Crippen LogP contribution in [-0.4, -0.2) is 40.1 Å². The van der Waals surface area contributed by atoms with Crippen molar-refractivity contribution in [2.45, 2.75) is 44.7 Å². The van der Waals surface area contributed by atoms with Crippen molar-refractivity contribution >= 4 is 34.4 Å². The van der Waals surface area contributed by atoms with E-state index < -0.39 is 0 Å². The van der Waals surface area contributed by atoms with Gasteiger partial charge in [-0.15, -0.1) is 0 Å². The zero-order chi connectivity index (χ0) is 20.4. The molecule has 0 radical (unpaired) electrons. The first-order valence-electron chi connectivity index (χ1n) is 9.74. The summed E-state index contributed by atoms with van der Waals surface area (Å²) in [7, 11) is 1.62. The van der Waals surface area contributed by atoms with Crippen LogP contribution < -0.4 is 15.4 Å². The Kier molecular flexibility index (Phi) is 5.58. The zero-order valence-electron chi connectivity index (χ0n) is 16.5. The first-order valence-corrected chi connectivity index (χ1v) is 10.1. The van der Waals surface area contributed by atoms with Crippen LogP contribution in [0, 0.1) is 0 Å². The van der Waals surface area contributed by atoms with Gasteiger partial charge in [0.25, 0.3) is 0 Å². The van der Waals surface area contributed by atoms with Gasteiger partial charge in [-0.2, -0.15) is 0 Å². The Morgan fingerprint density at radius 2 is 2.10 bits per heavy atom. The molecule has 0 spiro atoms. The number of H-pyrrole nitrogens is 1. The molecule has 8 heteroatoms. The number of carbonyl (C=O) groups is 1. The molecule has 2 unspecified atom stereocenters. The molecule has 3 aromatic heterocycles. The number of ether oxygens (including phenoxy) is 1. The lowest BCUT2D eigenvalue weighted by Crippen LogP contribution is -2.40. The fourth-order valence-electron chi connectivity index (χ4n) is 4.01. The van der Waals surface area contributed by atoms with Crippen LogP contribution in [0.5, 0.6) is 5.75 Å². The van der Waals surface area contributed by atoms with E-state index in [0.29, 0.717) is 10.9 Å². The Hall–Kier alpha value is -2.80. The second kappa shape index (κ2) is 8.29. The number of halogens is 1. The number of pyridine rings is 2. The fraction of sp³-hybridized carbons (Fsp3) is 0.381. The molecule has 3 N–H and O–H groups in total. The summed E-state index contributed by atoms with van der Waals surface area (Å²) in [6.07, 6.45) is 7.58. The summed E-state index contributed by atoms with van der Waals surface area (Å²) in [5, 5.41) is 7.91. The molecule has 1 amide bonds. The van der Waals surface area contributed by atoms with Gasteiger partial charge in [0.2, 0.25) is 5.91 Å². The summed E-state index contributed by atoms with van der Waals surface area (Å²) in [6, 6.07) is 6.23. The number of hydrogen-bond acceptors (Lipinski definition) is 5. The molecule has 0 bridgehead atoms. The van der Waals surface area contributed by atoms with Crippen LogP contribution in [0.2, 0.25) is 5.15 Å². The second-order valence-corrected chi connectivity index (χ2v) is 7.83. The highest BCUT2D eigenvalue weighted by Gasteiger charge is 2.23. The summed E-state index contributed by atoms with van der Waals surface area (Å²) in [4.78, 5) is 23.4. The maximum atomic E-state index is 11.4. The van der Waals surface area contributed by atoms with E-state index in [1.54, 1.807) is 20.2 Å². The third-order valence-electron chi connectivity index (χ3n) is 5.28. The minimum absolute atomic E-state index is 0.0159. The van der Waals surface area contributed by atoms with Gasteiger partial charge in [0.15, 0.2) is 0 Å². The van der Waals surface area contributed by atoms with Gasteiger partial charge < -0.3 is 20.4 Å². The lowest BCUT2D eigenvalue weighted by atomic mass is 9.91. The average molecular weight is 414 g/mol. The molecule has 0 saturated heterocycles. The molecule has 152 valence electrons. The third kappa shape index (κ3) is 4.45. The van der Waals surface area contributed by atoms with Crippen molar-refractivity contribution in [2.75, 3.05) is 12.4 Å². The SMILES string of the molecule is COc1cnc2[nH]cc(-c3cc(Cl)nc(NC4CCCC(NC(C)=O)C4)c3)c2c1. The summed E-state index contributed by atoms with van der Waals surface area (Å²) in [5.41, 5.74) is 2.72. The van der Waals surface area contributed by atoms with Crippen molar-refractivity contribution in [1.82, 2.24) is 20.3 Å². The molecule has 4 rings (SSSR count).